The van der Waals surface area contributed by atoms with Gasteiger partial charge in [0.1, 0.15) is 0 Å². The van der Waals surface area contributed by atoms with Gasteiger partial charge in [-0.1, -0.05) is 12.8 Å². The number of amides is 1. The number of hydrogen-bond donors (Lipinski definition) is 2. The fourth-order valence-corrected chi connectivity index (χ4v) is 2.85. The first kappa shape index (κ1) is 13.8. The molecular formula is C14H18INO2. The molecule has 98 valence electrons. The van der Waals surface area contributed by atoms with Crippen LogP contribution < -0.4 is 5.32 Å². The average Bonchev–Trinajstić information content (AvgIpc) is 2.86. The van der Waals surface area contributed by atoms with Crippen molar-refractivity contribution in [3.05, 3.63) is 33.4 Å². The Hall–Kier alpha value is -0.620. The van der Waals surface area contributed by atoms with Gasteiger partial charge in [0.05, 0.1) is 6.61 Å². The van der Waals surface area contributed by atoms with Crippen molar-refractivity contribution in [1.82, 2.24) is 5.32 Å². The molecule has 2 rings (SSSR count). The second-order valence-corrected chi connectivity index (χ2v) is 6.30. The van der Waals surface area contributed by atoms with Crippen molar-refractivity contribution < 1.29 is 9.90 Å². The third-order valence-corrected chi connectivity index (χ3v) is 4.45. The number of nitrogens with one attached hydrogen (secondary N) is 1. The van der Waals surface area contributed by atoms with Gasteiger partial charge in [0.15, 0.2) is 0 Å². The molecule has 0 unspecified atom stereocenters. The monoisotopic (exact) mass is 359 g/mol. The van der Waals surface area contributed by atoms with E-state index in [0.717, 1.165) is 29.3 Å². The lowest BCUT2D eigenvalue weighted by molar-refractivity contribution is 0.0880. The second kappa shape index (κ2) is 6.02. The van der Waals surface area contributed by atoms with E-state index < -0.39 is 0 Å². The molecular weight excluding hydrogens is 341 g/mol. The lowest BCUT2D eigenvalue weighted by atomic mass is 9.87. The molecule has 0 heterocycles. The van der Waals surface area contributed by atoms with Gasteiger partial charge >= 0.3 is 0 Å². The van der Waals surface area contributed by atoms with Crippen molar-refractivity contribution in [2.75, 3.05) is 13.2 Å². The highest BCUT2D eigenvalue weighted by Gasteiger charge is 2.33. The Bertz CT molecular complexity index is 410. The van der Waals surface area contributed by atoms with Gasteiger partial charge in [0.2, 0.25) is 0 Å². The van der Waals surface area contributed by atoms with E-state index in [0.29, 0.717) is 12.1 Å². The van der Waals surface area contributed by atoms with E-state index in [2.05, 4.69) is 27.9 Å². The van der Waals surface area contributed by atoms with Crippen LogP contribution in [0, 0.1) is 8.99 Å². The zero-order valence-corrected chi connectivity index (χ0v) is 12.4. The molecule has 2 N–H and O–H groups in total. The molecule has 0 radical (unpaired) electrons. The summed E-state index contributed by atoms with van der Waals surface area (Å²) in [7, 11) is 0. The lowest BCUT2D eigenvalue weighted by Crippen LogP contribution is -2.38. The van der Waals surface area contributed by atoms with E-state index in [1.807, 2.05) is 24.3 Å². The number of benzene rings is 1. The molecule has 18 heavy (non-hydrogen) atoms. The van der Waals surface area contributed by atoms with Gasteiger partial charge in [-0.25, -0.2) is 0 Å². The third kappa shape index (κ3) is 3.23. The van der Waals surface area contributed by atoms with E-state index in [4.69, 9.17) is 0 Å². The molecule has 1 aromatic rings. The molecule has 4 heteroatoms. The maximum atomic E-state index is 12.0. The molecule has 0 aliphatic heterocycles. The summed E-state index contributed by atoms with van der Waals surface area (Å²) in [5.41, 5.74) is 0.597. The van der Waals surface area contributed by atoms with Crippen molar-refractivity contribution in [3.63, 3.8) is 0 Å². The summed E-state index contributed by atoms with van der Waals surface area (Å²) in [4.78, 5) is 12.0. The predicted molar refractivity (Wildman–Crippen MR) is 79.5 cm³/mol. The van der Waals surface area contributed by atoms with Crippen LogP contribution in [0.25, 0.3) is 0 Å². The summed E-state index contributed by atoms with van der Waals surface area (Å²) in [6, 6.07) is 7.51. The fraction of sp³-hybridized carbons (Fsp3) is 0.500. The van der Waals surface area contributed by atoms with Gasteiger partial charge in [-0.3, -0.25) is 4.79 Å². The molecule has 0 saturated heterocycles. The van der Waals surface area contributed by atoms with Crippen LogP contribution in [0.1, 0.15) is 36.0 Å². The van der Waals surface area contributed by atoms with Gasteiger partial charge < -0.3 is 10.4 Å². The standard InChI is InChI=1S/C14H18INO2/c15-12-5-3-11(4-6-12)13(18)16-9-14(10-17)7-1-2-8-14/h3-6,17H,1-2,7-10H2,(H,16,18). The summed E-state index contributed by atoms with van der Waals surface area (Å²) in [6.07, 6.45) is 4.33. The van der Waals surface area contributed by atoms with E-state index in [-0.39, 0.29) is 17.9 Å². The zero-order chi connectivity index (χ0) is 13.0. The van der Waals surface area contributed by atoms with Crippen LogP contribution >= 0.6 is 22.6 Å². The Balaban J connectivity index is 1.93. The van der Waals surface area contributed by atoms with Gasteiger partial charge in [-0.05, 0) is 59.7 Å². The van der Waals surface area contributed by atoms with E-state index in [1.165, 1.54) is 0 Å². The molecule has 0 atom stereocenters. The van der Waals surface area contributed by atoms with Crippen LogP contribution in [-0.4, -0.2) is 24.2 Å². The van der Waals surface area contributed by atoms with Crippen LogP contribution in [0.5, 0.6) is 0 Å². The number of rotatable bonds is 4. The van der Waals surface area contributed by atoms with Gasteiger partial charge in [0, 0.05) is 21.1 Å². The lowest BCUT2D eigenvalue weighted by Gasteiger charge is -2.26. The molecule has 0 bridgehead atoms. The Labute approximate surface area is 121 Å². The van der Waals surface area contributed by atoms with Gasteiger partial charge in [-0.2, -0.15) is 0 Å². The summed E-state index contributed by atoms with van der Waals surface area (Å²) in [5, 5.41) is 12.4. The zero-order valence-electron chi connectivity index (χ0n) is 10.3. The highest BCUT2D eigenvalue weighted by atomic mass is 127. The highest BCUT2D eigenvalue weighted by Crippen LogP contribution is 2.36. The summed E-state index contributed by atoms with van der Waals surface area (Å²) in [5.74, 6) is -0.0499. The van der Waals surface area contributed by atoms with Crippen molar-refractivity contribution in [2.45, 2.75) is 25.7 Å². The minimum absolute atomic E-state index is 0.0499. The van der Waals surface area contributed by atoms with Crippen molar-refractivity contribution in [2.24, 2.45) is 5.41 Å². The molecule has 0 aromatic heterocycles. The molecule has 3 nitrogen and oxygen atoms in total. The maximum absolute atomic E-state index is 12.0. The molecule has 1 aliphatic carbocycles. The largest absolute Gasteiger partial charge is 0.396 e. The summed E-state index contributed by atoms with van der Waals surface area (Å²) < 4.78 is 1.12. The maximum Gasteiger partial charge on any atom is 0.251 e. The van der Waals surface area contributed by atoms with Crippen LogP contribution in [0.4, 0.5) is 0 Å². The topological polar surface area (TPSA) is 49.3 Å². The summed E-state index contributed by atoms with van der Waals surface area (Å²) >= 11 is 2.22. The Morgan fingerprint density at radius 3 is 2.44 bits per heavy atom. The highest BCUT2D eigenvalue weighted by molar-refractivity contribution is 14.1. The summed E-state index contributed by atoms with van der Waals surface area (Å²) in [6.45, 7) is 0.744. The van der Waals surface area contributed by atoms with Crippen molar-refractivity contribution in [3.8, 4) is 0 Å². The van der Waals surface area contributed by atoms with Crippen LogP contribution in [-0.2, 0) is 0 Å². The van der Waals surface area contributed by atoms with Crippen LogP contribution in [0.2, 0.25) is 0 Å². The number of aliphatic hydroxyl groups excluding tert-OH is 1. The van der Waals surface area contributed by atoms with E-state index in [9.17, 15) is 9.90 Å². The third-order valence-electron chi connectivity index (χ3n) is 3.73. The first-order valence-corrected chi connectivity index (χ1v) is 7.38. The van der Waals surface area contributed by atoms with Gasteiger partial charge in [-0.15, -0.1) is 0 Å². The first-order chi connectivity index (χ1) is 8.65. The van der Waals surface area contributed by atoms with Crippen molar-refractivity contribution in [1.29, 1.82) is 0 Å². The number of halogens is 1. The minimum atomic E-state index is -0.0845. The molecule has 1 aliphatic rings. The predicted octanol–water partition coefficient (Wildman–Crippen LogP) is 2.57. The fourth-order valence-electron chi connectivity index (χ4n) is 2.49. The van der Waals surface area contributed by atoms with E-state index in [1.54, 1.807) is 0 Å². The SMILES string of the molecule is O=C(NCC1(CO)CCCC1)c1ccc(I)cc1. The smallest absolute Gasteiger partial charge is 0.251 e. The van der Waals surface area contributed by atoms with Gasteiger partial charge in [0.25, 0.3) is 5.91 Å². The Kier molecular flexibility index (Phi) is 4.61. The van der Waals surface area contributed by atoms with Crippen molar-refractivity contribution >= 4 is 28.5 Å². The first-order valence-electron chi connectivity index (χ1n) is 6.30. The minimum Gasteiger partial charge on any atom is -0.396 e. The average molecular weight is 359 g/mol. The number of aliphatic hydroxyl groups is 1. The van der Waals surface area contributed by atoms with Crippen LogP contribution in [0.15, 0.2) is 24.3 Å². The molecule has 0 spiro atoms. The quantitative estimate of drug-likeness (QED) is 0.812. The second-order valence-electron chi connectivity index (χ2n) is 5.05. The Morgan fingerprint density at radius 2 is 1.89 bits per heavy atom. The molecule has 1 aromatic carbocycles. The molecule has 1 saturated carbocycles. The normalized spacial score (nSPS) is 17.7. The molecule has 1 amide bonds. The number of carbonyl (C=O) groups is 1. The Morgan fingerprint density at radius 1 is 1.28 bits per heavy atom. The number of hydrogen-bond acceptors (Lipinski definition) is 2. The molecule has 1 fully saturated rings. The number of carbonyl (C=O) groups excluding carboxylic acids is 1. The van der Waals surface area contributed by atoms with Crippen LogP contribution in [0.3, 0.4) is 0 Å². The van der Waals surface area contributed by atoms with E-state index >= 15 is 0 Å².